The van der Waals surface area contributed by atoms with Gasteiger partial charge in [-0.1, -0.05) is 103 Å². The van der Waals surface area contributed by atoms with Gasteiger partial charge >= 0.3 is 0 Å². The number of anilines is 1. The zero-order chi connectivity index (χ0) is 25.0. The minimum Gasteiger partial charge on any atom is -0.366 e. The molecule has 0 atom stereocenters. The number of halogens is 2. The van der Waals surface area contributed by atoms with Gasteiger partial charge in [0.15, 0.2) is 0 Å². The van der Waals surface area contributed by atoms with Crippen LogP contribution in [0.2, 0.25) is 5.15 Å². The lowest BCUT2D eigenvalue weighted by molar-refractivity contribution is 0.583. The number of nitrogens with zero attached hydrogens (tertiary/aromatic N) is 2. The van der Waals surface area contributed by atoms with Gasteiger partial charge < -0.3 is 5.32 Å². The molecule has 0 aliphatic carbocycles. The number of rotatable bonds is 7. The minimum absolute atomic E-state index is 0.103. The summed E-state index contributed by atoms with van der Waals surface area (Å²) < 4.78 is 13.9. The first-order valence-electron chi connectivity index (χ1n) is 11.4. The second-order valence-electron chi connectivity index (χ2n) is 8.27. The largest absolute Gasteiger partial charge is 0.366 e. The Balaban J connectivity index is 1.75. The normalized spacial score (nSPS) is 11.2. The van der Waals surface area contributed by atoms with Gasteiger partial charge in [-0.2, -0.15) is 4.39 Å². The average Bonchev–Trinajstić information content (AvgIpc) is 2.93. The van der Waals surface area contributed by atoms with Crippen LogP contribution in [0.5, 0.6) is 0 Å². The van der Waals surface area contributed by atoms with Crippen molar-refractivity contribution < 1.29 is 4.39 Å². The molecule has 0 unspecified atom stereocenters. The Morgan fingerprint density at radius 1 is 0.750 bits per heavy atom. The van der Waals surface area contributed by atoms with Crippen LogP contribution in [-0.4, -0.2) is 15.7 Å². The summed E-state index contributed by atoms with van der Waals surface area (Å²) in [5, 5.41) is 12.9. The van der Waals surface area contributed by atoms with Crippen molar-refractivity contribution in [2.45, 2.75) is 5.54 Å². The molecule has 0 spiro atoms. The molecule has 2 N–H and O–H groups in total. The summed E-state index contributed by atoms with van der Waals surface area (Å²) in [6, 6.07) is 34.8. The van der Waals surface area contributed by atoms with Crippen molar-refractivity contribution in [3.05, 3.63) is 161 Å². The van der Waals surface area contributed by atoms with Crippen molar-refractivity contribution in [1.29, 1.82) is 5.41 Å². The lowest BCUT2D eigenvalue weighted by Gasteiger charge is -2.38. The molecule has 0 aliphatic rings. The first-order chi connectivity index (χ1) is 17.6. The van der Waals surface area contributed by atoms with Gasteiger partial charge in [-0.15, -0.1) is 0 Å². The third-order valence-electron chi connectivity index (χ3n) is 6.10. The minimum atomic E-state index is -0.822. The van der Waals surface area contributed by atoms with Crippen molar-refractivity contribution in [3.8, 4) is 0 Å². The monoisotopic (exact) mass is 492 g/mol. The molecular formula is C30H22ClFN4. The molecular weight excluding hydrogens is 471 g/mol. The Morgan fingerprint density at radius 3 is 1.78 bits per heavy atom. The van der Waals surface area contributed by atoms with Crippen LogP contribution in [0.15, 0.2) is 122 Å². The molecule has 36 heavy (non-hydrogen) atoms. The van der Waals surface area contributed by atoms with Gasteiger partial charge in [0.05, 0.1) is 17.6 Å². The standard InChI is InChI=1S/C30H22ClFN4/c31-27-19-25(29(33)21-16-17-34-28(32)18-21)26(20-35-27)36-30(22-10-4-1-5-11-22,23-12-6-2-7-13-23)24-14-8-3-9-15-24/h1-20,33,36H. The van der Waals surface area contributed by atoms with E-state index in [2.05, 4.69) is 51.7 Å². The van der Waals surface area contributed by atoms with Gasteiger partial charge in [-0.3, -0.25) is 5.41 Å². The predicted octanol–water partition coefficient (Wildman–Crippen LogP) is 7.09. The van der Waals surface area contributed by atoms with E-state index in [9.17, 15) is 4.39 Å². The van der Waals surface area contributed by atoms with Gasteiger partial charge in [0, 0.05) is 23.4 Å². The Bertz CT molecular complexity index is 1400. The molecule has 0 bridgehead atoms. The molecule has 2 heterocycles. The van der Waals surface area contributed by atoms with Gasteiger partial charge in [0.25, 0.3) is 0 Å². The molecule has 5 rings (SSSR count). The summed E-state index contributed by atoms with van der Waals surface area (Å²) in [5.74, 6) is -0.654. The van der Waals surface area contributed by atoms with E-state index < -0.39 is 11.5 Å². The molecule has 3 aromatic carbocycles. The van der Waals surface area contributed by atoms with Crippen molar-refractivity contribution >= 4 is 23.0 Å². The van der Waals surface area contributed by atoms with Gasteiger partial charge in [0.1, 0.15) is 10.7 Å². The zero-order valence-corrected chi connectivity index (χ0v) is 20.0. The molecule has 6 heteroatoms. The molecule has 0 radical (unpaired) electrons. The third kappa shape index (κ3) is 4.49. The van der Waals surface area contributed by atoms with Gasteiger partial charge in [-0.05, 0) is 28.8 Å². The Hall–Kier alpha value is -4.35. The quantitative estimate of drug-likeness (QED) is 0.145. The molecule has 2 aromatic heterocycles. The molecule has 0 fully saturated rings. The smallest absolute Gasteiger partial charge is 0.213 e. The molecule has 5 aromatic rings. The summed E-state index contributed by atoms with van der Waals surface area (Å²) >= 11 is 6.28. The van der Waals surface area contributed by atoms with Crippen LogP contribution in [0.1, 0.15) is 27.8 Å². The van der Waals surface area contributed by atoms with E-state index in [1.807, 2.05) is 54.6 Å². The second-order valence-corrected chi connectivity index (χ2v) is 8.66. The average molecular weight is 493 g/mol. The van der Waals surface area contributed by atoms with Crippen LogP contribution >= 0.6 is 11.6 Å². The fraction of sp³-hybridized carbons (Fsp3) is 0.0333. The number of hydrogen-bond acceptors (Lipinski definition) is 4. The van der Waals surface area contributed by atoms with Gasteiger partial charge in [0.2, 0.25) is 5.95 Å². The highest BCUT2D eigenvalue weighted by atomic mass is 35.5. The summed E-state index contributed by atoms with van der Waals surface area (Å²) in [7, 11) is 0. The lowest BCUT2D eigenvalue weighted by atomic mass is 9.76. The first-order valence-corrected chi connectivity index (χ1v) is 11.8. The van der Waals surface area contributed by atoms with Crippen molar-refractivity contribution in [2.24, 2.45) is 0 Å². The van der Waals surface area contributed by atoms with E-state index in [0.717, 1.165) is 16.7 Å². The first kappa shape index (κ1) is 23.4. The molecule has 0 saturated carbocycles. The molecule has 176 valence electrons. The topological polar surface area (TPSA) is 61.7 Å². The highest BCUT2D eigenvalue weighted by Gasteiger charge is 2.37. The molecule has 0 aliphatic heterocycles. The van der Waals surface area contributed by atoms with Crippen LogP contribution in [0.3, 0.4) is 0 Å². The number of pyridine rings is 2. The van der Waals surface area contributed by atoms with E-state index >= 15 is 0 Å². The zero-order valence-electron chi connectivity index (χ0n) is 19.2. The summed E-state index contributed by atoms with van der Waals surface area (Å²) in [6.45, 7) is 0. The molecule has 4 nitrogen and oxygen atoms in total. The Morgan fingerprint density at radius 2 is 1.28 bits per heavy atom. The van der Waals surface area contributed by atoms with Gasteiger partial charge in [-0.25, -0.2) is 9.97 Å². The van der Waals surface area contributed by atoms with E-state index in [-0.39, 0.29) is 10.9 Å². The highest BCUT2D eigenvalue weighted by Crippen LogP contribution is 2.41. The fourth-order valence-electron chi connectivity index (χ4n) is 4.43. The number of nitrogens with one attached hydrogen (secondary N) is 2. The highest BCUT2D eigenvalue weighted by molar-refractivity contribution is 6.30. The number of hydrogen-bond donors (Lipinski definition) is 2. The lowest BCUT2D eigenvalue weighted by Crippen LogP contribution is -2.38. The van der Waals surface area contributed by atoms with Crippen molar-refractivity contribution in [1.82, 2.24) is 9.97 Å². The van der Waals surface area contributed by atoms with E-state index in [1.54, 1.807) is 18.3 Å². The molecule has 0 saturated heterocycles. The summed E-state index contributed by atoms with van der Waals surface area (Å²) in [6.07, 6.45) is 2.96. The van der Waals surface area contributed by atoms with Crippen LogP contribution in [0, 0.1) is 11.4 Å². The Kier molecular flexibility index (Phi) is 6.56. The maximum atomic E-state index is 13.9. The van der Waals surface area contributed by atoms with E-state index in [1.165, 1.54) is 12.3 Å². The SMILES string of the molecule is N=C(c1ccnc(F)c1)c1cc(Cl)ncc1NC(c1ccccc1)(c1ccccc1)c1ccccc1. The number of benzene rings is 3. The maximum Gasteiger partial charge on any atom is 0.213 e. The summed E-state index contributed by atoms with van der Waals surface area (Å²) in [4.78, 5) is 7.94. The van der Waals surface area contributed by atoms with E-state index in [4.69, 9.17) is 17.0 Å². The van der Waals surface area contributed by atoms with Crippen LogP contribution in [-0.2, 0) is 5.54 Å². The van der Waals surface area contributed by atoms with Crippen molar-refractivity contribution in [2.75, 3.05) is 5.32 Å². The molecule has 0 amide bonds. The Labute approximate surface area is 214 Å². The summed E-state index contributed by atoms with van der Waals surface area (Å²) in [5.41, 5.74) is 3.76. The second kappa shape index (κ2) is 10.1. The third-order valence-corrected chi connectivity index (χ3v) is 6.30. The maximum absolute atomic E-state index is 13.9. The van der Waals surface area contributed by atoms with Crippen LogP contribution < -0.4 is 5.32 Å². The van der Waals surface area contributed by atoms with Crippen molar-refractivity contribution in [3.63, 3.8) is 0 Å². The number of aromatic nitrogens is 2. The van der Waals surface area contributed by atoms with Crippen LogP contribution in [0.25, 0.3) is 0 Å². The fourth-order valence-corrected chi connectivity index (χ4v) is 4.59. The van der Waals surface area contributed by atoms with E-state index in [0.29, 0.717) is 16.8 Å². The predicted molar refractivity (Wildman–Crippen MR) is 142 cm³/mol. The van der Waals surface area contributed by atoms with Crippen LogP contribution in [0.4, 0.5) is 10.1 Å².